The minimum absolute atomic E-state index is 0.0173. The molecule has 0 aliphatic carbocycles. The third-order valence-corrected chi connectivity index (χ3v) is 8.90. The van der Waals surface area contributed by atoms with Crippen molar-refractivity contribution in [2.45, 2.75) is 37.8 Å². The van der Waals surface area contributed by atoms with Gasteiger partial charge >= 0.3 is 0 Å². The fourth-order valence-corrected chi connectivity index (χ4v) is 5.90. The van der Waals surface area contributed by atoms with Gasteiger partial charge < -0.3 is 20.1 Å². The Labute approximate surface area is 234 Å². The number of likely N-dealkylation sites (N-methyl/N-ethyl adjacent to an activating group) is 1. The Kier molecular flexibility index (Phi) is 8.62. The lowest BCUT2D eigenvalue weighted by atomic mass is 9.99. The molecule has 0 fully saturated rings. The number of para-hydroxylation sites is 1. The molecule has 3 atom stereocenters. The third kappa shape index (κ3) is 5.88. The number of fused-ring (bicyclic) bond motifs is 1. The van der Waals surface area contributed by atoms with Crippen LogP contribution in [0.25, 0.3) is 0 Å². The standard InChI is InChI=1S/C28H35N5O6S/c1-18-15-33(20(3)17-34)28(36)22-12-9-13-23(29-27(35)24-14-19(2)30-32(24)5)26(22)39-25(18)16-31(4)40(37,38)21-10-7-6-8-11-21/h6-14,18,20,25,34H,15-17H2,1-5H3,(H,29,35)/t18-,20-,25+/m1/s1. The van der Waals surface area contributed by atoms with Gasteiger partial charge in [-0.25, -0.2) is 8.42 Å². The number of hydrogen-bond donors (Lipinski definition) is 2. The SMILES string of the molecule is Cc1cc(C(=O)Nc2cccc3c2O[C@@H](CN(C)S(=O)(=O)c2ccccc2)[C@H](C)CN([C@H](C)CO)C3=O)n(C)n1. The van der Waals surface area contributed by atoms with Gasteiger partial charge in [0.2, 0.25) is 10.0 Å². The van der Waals surface area contributed by atoms with Crippen LogP contribution in [-0.4, -0.2) is 83.2 Å². The van der Waals surface area contributed by atoms with Crippen LogP contribution in [0.4, 0.5) is 5.69 Å². The number of nitrogens with one attached hydrogen (secondary N) is 1. The fraction of sp³-hybridized carbons (Fsp3) is 0.393. The van der Waals surface area contributed by atoms with E-state index in [1.807, 2.05) is 6.92 Å². The van der Waals surface area contributed by atoms with Crippen LogP contribution in [0, 0.1) is 12.8 Å². The van der Waals surface area contributed by atoms with Crippen molar-refractivity contribution in [2.24, 2.45) is 13.0 Å². The van der Waals surface area contributed by atoms with E-state index in [1.165, 1.54) is 28.2 Å². The molecule has 0 saturated heterocycles. The highest BCUT2D eigenvalue weighted by Crippen LogP contribution is 2.35. The molecule has 0 bridgehead atoms. The Balaban J connectivity index is 1.74. The van der Waals surface area contributed by atoms with Crippen LogP contribution in [0.1, 0.15) is 40.4 Å². The Morgan fingerprint density at radius 3 is 2.55 bits per heavy atom. The summed E-state index contributed by atoms with van der Waals surface area (Å²) in [5.41, 5.74) is 1.46. The monoisotopic (exact) mass is 569 g/mol. The van der Waals surface area contributed by atoms with Gasteiger partial charge in [-0.05, 0) is 44.2 Å². The van der Waals surface area contributed by atoms with Gasteiger partial charge in [0, 0.05) is 26.6 Å². The van der Waals surface area contributed by atoms with E-state index < -0.39 is 28.1 Å². The summed E-state index contributed by atoms with van der Waals surface area (Å²) in [5, 5.41) is 17.0. The second-order valence-electron chi connectivity index (χ2n) is 10.2. The fourth-order valence-electron chi connectivity index (χ4n) is 4.69. The molecular weight excluding hydrogens is 534 g/mol. The molecule has 0 spiro atoms. The first-order valence-electron chi connectivity index (χ1n) is 13.0. The van der Waals surface area contributed by atoms with E-state index in [9.17, 15) is 23.1 Å². The summed E-state index contributed by atoms with van der Waals surface area (Å²) in [5.74, 6) is -0.997. The van der Waals surface area contributed by atoms with Gasteiger partial charge in [0.15, 0.2) is 5.75 Å². The van der Waals surface area contributed by atoms with E-state index in [1.54, 1.807) is 68.3 Å². The molecule has 1 aliphatic heterocycles. The number of nitrogens with zero attached hydrogens (tertiary/aromatic N) is 4. The number of anilines is 1. The minimum atomic E-state index is -3.82. The second kappa shape index (κ2) is 11.8. The zero-order valence-corrected chi connectivity index (χ0v) is 24.1. The molecule has 1 aliphatic rings. The highest BCUT2D eigenvalue weighted by molar-refractivity contribution is 7.89. The van der Waals surface area contributed by atoms with Crippen LogP contribution in [0.3, 0.4) is 0 Å². The number of aromatic nitrogens is 2. The summed E-state index contributed by atoms with van der Waals surface area (Å²) < 4.78 is 35.7. The van der Waals surface area contributed by atoms with Crippen molar-refractivity contribution in [3.8, 4) is 5.75 Å². The molecule has 2 heterocycles. The predicted octanol–water partition coefficient (Wildman–Crippen LogP) is 2.52. The highest BCUT2D eigenvalue weighted by Gasteiger charge is 2.36. The third-order valence-electron chi connectivity index (χ3n) is 7.06. The normalized spacial score (nSPS) is 18.5. The number of carbonyl (C=O) groups is 2. The Bertz CT molecular complexity index is 1490. The van der Waals surface area contributed by atoms with Crippen molar-refractivity contribution in [1.82, 2.24) is 19.0 Å². The van der Waals surface area contributed by atoms with E-state index in [0.717, 1.165) is 0 Å². The molecule has 0 saturated carbocycles. The van der Waals surface area contributed by atoms with Gasteiger partial charge in [0.1, 0.15) is 11.8 Å². The van der Waals surface area contributed by atoms with E-state index in [0.29, 0.717) is 11.4 Å². The zero-order valence-electron chi connectivity index (χ0n) is 23.2. The van der Waals surface area contributed by atoms with Crippen molar-refractivity contribution >= 4 is 27.5 Å². The van der Waals surface area contributed by atoms with E-state index in [2.05, 4.69) is 10.4 Å². The molecule has 3 aromatic rings. The van der Waals surface area contributed by atoms with E-state index in [4.69, 9.17) is 4.74 Å². The molecule has 0 radical (unpaired) electrons. The number of carbonyl (C=O) groups excluding carboxylic acids is 2. The molecule has 0 unspecified atom stereocenters. The molecule has 4 rings (SSSR count). The zero-order chi connectivity index (χ0) is 29.2. The first-order valence-corrected chi connectivity index (χ1v) is 14.4. The topological polar surface area (TPSA) is 134 Å². The summed E-state index contributed by atoms with van der Waals surface area (Å²) in [7, 11) is -0.679. The lowest BCUT2D eigenvalue weighted by Gasteiger charge is -2.38. The van der Waals surface area contributed by atoms with Crippen LogP contribution in [0.15, 0.2) is 59.5 Å². The van der Waals surface area contributed by atoms with Crippen LogP contribution in [-0.2, 0) is 17.1 Å². The van der Waals surface area contributed by atoms with Gasteiger partial charge in [-0.2, -0.15) is 9.40 Å². The first-order chi connectivity index (χ1) is 18.9. The number of benzene rings is 2. The molecule has 40 heavy (non-hydrogen) atoms. The van der Waals surface area contributed by atoms with E-state index in [-0.39, 0.29) is 53.4 Å². The number of rotatable bonds is 8. The van der Waals surface area contributed by atoms with Gasteiger partial charge in [-0.15, -0.1) is 0 Å². The summed E-state index contributed by atoms with van der Waals surface area (Å²) in [6.45, 7) is 5.34. The Morgan fingerprint density at radius 1 is 1.23 bits per heavy atom. The van der Waals surface area contributed by atoms with Crippen molar-refractivity contribution < 1.29 is 27.9 Å². The maximum absolute atomic E-state index is 13.7. The lowest BCUT2D eigenvalue weighted by Crippen LogP contribution is -2.50. The van der Waals surface area contributed by atoms with Crippen molar-refractivity contribution in [2.75, 3.05) is 32.1 Å². The first kappa shape index (κ1) is 29.2. The summed E-state index contributed by atoms with van der Waals surface area (Å²) in [4.78, 5) is 28.5. The van der Waals surface area contributed by atoms with Crippen molar-refractivity contribution in [1.29, 1.82) is 0 Å². The Hall–Kier alpha value is -3.74. The Morgan fingerprint density at radius 2 is 1.93 bits per heavy atom. The second-order valence-corrected chi connectivity index (χ2v) is 12.2. The van der Waals surface area contributed by atoms with Crippen molar-refractivity contribution in [3.05, 3.63) is 71.5 Å². The smallest absolute Gasteiger partial charge is 0.274 e. The molecule has 2 amide bonds. The lowest BCUT2D eigenvalue weighted by molar-refractivity contribution is 0.0388. The average molecular weight is 570 g/mol. The molecule has 2 aromatic carbocycles. The molecule has 11 nitrogen and oxygen atoms in total. The number of amides is 2. The number of hydrogen-bond acceptors (Lipinski definition) is 7. The number of ether oxygens (including phenoxy) is 1. The number of aryl methyl sites for hydroxylation is 2. The molecular formula is C28H35N5O6S. The summed E-state index contributed by atoms with van der Waals surface area (Å²) in [6, 6.07) is 14.1. The molecule has 12 heteroatoms. The van der Waals surface area contributed by atoms with Gasteiger partial charge in [0.05, 0.1) is 41.0 Å². The molecule has 2 N–H and O–H groups in total. The predicted molar refractivity (Wildman–Crippen MR) is 150 cm³/mol. The maximum Gasteiger partial charge on any atom is 0.274 e. The van der Waals surface area contributed by atoms with Crippen molar-refractivity contribution in [3.63, 3.8) is 0 Å². The van der Waals surface area contributed by atoms with Crippen LogP contribution >= 0.6 is 0 Å². The minimum Gasteiger partial charge on any atom is -0.486 e. The van der Waals surface area contributed by atoms with Crippen LogP contribution < -0.4 is 10.1 Å². The van der Waals surface area contributed by atoms with Gasteiger partial charge in [0.25, 0.3) is 11.8 Å². The number of aliphatic hydroxyl groups excluding tert-OH is 1. The van der Waals surface area contributed by atoms with E-state index >= 15 is 0 Å². The van der Waals surface area contributed by atoms with Gasteiger partial charge in [-0.3, -0.25) is 14.3 Å². The number of sulfonamides is 1. The highest BCUT2D eigenvalue weighted by atomic mass is 32.2. The average Bonchev–Trinajstić information content (AvgIpc) is 3.28. The largest absolute Gasteiger partial charge is 0.486 e. The van der Waals surface area contributed by atoms with Crippen LogP contribution in [0.5, 0.6) is 5.75 Å². The quantitative estimate of drug-likeness (QED) is 0.426. The maximum atomic E-state index is 13.7. The molecule has 1 aromatic heterocycles. The molecule has 214 valence electrons. The summed E-state index contributed by atoms with van der Waals surface area (Å²) in [6.07, 6.45) is -0.694. The van der Waals surface area contributed by atoms with Crippen LogP contribution in [0.2, 0.25) is 0 Å². The summed E-state index contributed by atoms with van der Waals surface area (Å²) >= 11 is 0. The number of aliphatic hydroxyl groups is 1. The van der Waals surface area contributed by atoms with Gasteiger partial charge in [-0.1, -0.05) is 31.2 Å².